The first-order chi connectivity index (χ1) is 9.16. The highest BCUT2D eigenvalue weighted by Crippen LogP contribution is 2.14. The molecule has 100 valence electrons. The number of morpholine rings is 1. The van der Waals surface area contributed by atoms with Crippen LogP contribution in [0.2, 0.25) is 0 Å². The van der Waals surface area contributed by atoms with Gasteiger partial charge in [-0.15, -0.1) is 0 Å². The summed E-state index contributed by atoms with van der Waals surface area (Å²) < 4.78 is 6.97. The molecule has 3 rings (SSSR count). The third-order valence-electron chi connectivity index (χ3n) is 3.31. The van der Waals surface area contributed by atoms with Gasteiger partial charge < -0.3 is 9.64 Å². The van der Waals surface area contributed by atoms with Crippen LogP contribution in [0.1, 0.15) is 21.7 Å². The summed E-state index contributed by atoms with van der Waals surface area (Å²) in [6.07, 6.45) is 1.60. The fourth-order valence-electron chi connectivity index (χ4n) is 2.36. The summed E-state index contributed by atoms with van der Waals surface area (Å²) in [5, 5.41) is 4.25. The van der Waals surface area contributed by atoms with Gasteiger partial charge in [0, 0.05) is 24.5 Å². The van der Waals surface area contributed by atoms with Gasteiger partial charge in [0.05, 0.1) is 19.4 Å². The molecule has 0 aromatic carbocycles. The fraction of sp³-hybridized carbons (Fsp3) is 0.462. The van der Waals surface area contributed by atoms with Crippen molar-refractivity contribution in [3.63, 3.8) is 0 Å². The normalized spacial score (nSPS) is 16.0. The van der Waals surface area contributed by atoms with E-state index in [1.54, 1.807) is 15.6 Å². The molecule has 2 aromatic heterocycles. The van der Waals surface area contributed by atoms with Crippen molar-refractivity contribution in [3.8, 4) is 0 Å². The van der Waals surface area contributed by atoms with E-state index in [1.165, 1.54) is 0 Å². The number of amides is 1. The molecule has 3 heterocycles. The number of ether oxygens (including phenoxy) is 1. The van der Waals surface area contributed by atoms with Crippen molar-refractivity contribution < 1.29 is 9.53 Å². The van der Waals surface area contributed by atoms with Crippen LogP contribution in [-0.4, -0.2) is 51.7 Å². The molecule has 0 bridgehead atoms. The Morgan fingerprint density at radius 1 is 1.32 bits per heavy atom. The zero-order valence-electron chi connectivity index (χ0n) is 11.1. The maximum atomic E-state index is 12.5. The number of carbonyl (C=O) groups is 1. The first kappa shape index (κ1) is 12.1. The van der Waals surface area contributed by atoms with E-state index in [9.17, 15) is 4.79 Å². The Hall–Kier alpha value is -1.95. The highest BCUT2D eigenvalue weighted by Gasteiger charge is 2.22. The van der Waals surface area contributed by atoms with Gasteiger partial charge in [-0.1, -0.05) is 0 Å². The number of carbonyl (C=O) groups excluding carboxylic acids is 1. The van der Waals surface area contributed by atoms with Gasteiger partial charge in [-0.05, 0) is 19.9 Å². The van der Waals surface area contributed by atoms with E-state index in [1.807, 2.05) is 19.9 Å². The molecule has 0 aliphatic carbocycles. The monoisotopic (exact) mass is 260 g/mol. The van der Waals surface area contributed by atoms with Gasteiger partial charge in [-0.25, -0.2) is 9.50 Å². The summed E-state index contributed by atoms with van der Waals surface area (Å²) in [5.74, 6) is -0.0178. The number of aromatic nitrogens is 3. The molecule has 6 nitrogen and oxygen atoms in total. The Morgan fingerprint density at radius 3 is 2.79 bits per heavy atom. The molecular weight excluding hydrogens is 244 g/mol. The van der Waals surface area contributed by atoms with E-state index < -0.39 is 0 Å². The lowest BCUT2D eigenvalue weighted by Gasteiger charge is -2.26. The Balaban J connectivity index is 2.02. The van der Waals surface area contributed by atoms with Crippen molar-refractivity contribution in [2.24, 2.45) is 0 Å². The Labute approximate surface area is 111 Å². The second kappa shape index (κ2) is 4.62. The number of aryl methyl sites for hydroxylation is 2. The molecule has 2 aromatic rings. The third-order valence-corrected chi connectivity index (χ3v) is 3.31. The van der Waals surface area contributed by atoms with Crippen molar-refractivity contribution >= 4 is 11.6 Å². The van der Waals surface area contributed by atoms with Crippen LogP contribution in [0.3, 0.4) is 0 Å². The first-order valence-electron chi connectivity index (χ1n) is 6.36. The predicted octanol–water partition coefficient (Wildman–Crippen LogP) is 0.819. The molecule has 0 saturated carbocycles. The summed E-state index contributed by atoms with van der Waals surface area (Å²) >= 11 is 0. The Bertz CT molecular complexity index is 629. The average Bonchev–Trinajstić information content (AvgIpc) is 2.83. The number of nitrogens with zero attached hydrogens (tertiary/aromatic N) is 4. The molecule has 0 spiro atoms. The summed E-state index contributed by atoms with van der Waals surface area (Å²) in [4.78, 5) is 18.7. The van der Waals surface area contributed by atoms with Crippen LogP contribution in [0, 0.1) is 13.8 Å². The number of hydrogen-bond acceptors (Lipinski definition) is 4. The first-order valence-corrected chi connectivity index (χ1v) is 6.36. The van der Waals surface area contributed by atoms with E-state index >= 15 is 0 Å². The SMILES string of the molecule is Cc1cc(C)n2ncc(C(=O)N3CCOCC3)c2n1. The zero-order chi connectivity index (χ0) is 13.4. The molecule has 1 amide bonds. The largest absolute Gasteiger partial charge is 0.378 e. The van der Waals surface area contributed by atoms with Gasteiger partial charge in [0.1, 0.15) is 5.56 Å². The maximum Gasteiger partial charge on any atom is 0.259 e. The van der Waals surface area contributed by atoms with Gasteiger partial charge in [-0.2, -0.15) is 5.10 Å². The van der Waals surface area contributed by atoms with E-state index in [0.29, 0.717) is 37.5 Å². The number of hydrogen-bond donors (Lipinski definition) is 0. The molecule has 1 saturated heterocycles. The van der Waals surface area contributed by atoms with Crippen LogP contribution in [0.15, 0.2) is 12.3 Å². The van der Waals surface area contributed by atoms with Crippen LogP contribution in [0.5, 0.6) is 0 Å². The van der Waals surface area contributed by atoms with Crippen molar-refractivity contribution in [3.05, 3.63) is 29.2 Å². The minimum atomic E-state index is -0.0178. The molecule has 19 heavy (non-hydrogen) atoms. The maximum absolute atomic E-state index is 12.5. The lowest BCUT2D eigenvalue weighted by molar-refractivity contribution is 0.0304. The van der Waals surface area contributed by atoms with Crippen LogP contribution in [-0.2, 0) is 4.74 Å². The van der Waals surface area contributed by atoms with E-state index in [-0.39, 0.29) is 5.91 Å². The van der Waals surface area contributed by atoms with Crippen molar-refractivity contribution in [2.45, 2.75) is 13.8 Å². The molecule has 1 aliphatic rings. The highest BCUT2D eigenvalue weighted by atomic mass is 16.5. The standard InChI is InChI=1S/C13H16N4O2/c1-9-7-10(2)17-12(15-9)11(8-14-17)13(18)16-3-5-19-6-4-16/h7-8H,3-6H2,1-2H3. The Kier molecular flexibility index (Phi) is 2.94. The number of rotatable bonds is 1. The minimum absolute atomic E-state index is 0.0178. The molecular formula is C13H16N4O2. The molecule has 1 aliphatic heterocycles. The summed E-state index contributed by atoms with van der Waals surface area (Å²) in [6.45, 7) is 6.31. The lowest BCUT2D eigenvalue weighted by atomic mass is 10.2. The van der Waals surface area contributed by atoms with Crippen molar-refractivity contribution in [2.75, 3.05) is 26.3 Å². The van der Waals surface area contributed by atoms with Gasteiger partial charge in [0.25, 0.3) is 5.91 Å². The lowest BCUT2D eigenvalue weighted by Crippen LogP contribution is -2.40. The van der Waals surface area contributed by atoms with E-state index in [2.05, 4.69) is 10.1 Å². The fourth-order valence-corrected chi connectivity index (χ4v) is 2.36. The molecule has 0 radical (unpaired) electrons. The van der Waals surface area contributed by atoms with Crippen LogP contribution in [0.4, 0.5) is 0 Å². The van der Waals surface area contributed by atoms with Gasteiger partial charge in [-0.3, -0.25) is 4.79 Å². The average molecular weight is 260 g/mol. The Morgan fingerprint density at radius 2 is 2.05 bits per heavy atom. The smallest absolute Gasteiger partial charge is 0.259 e. The van der Waals surface area contributed by atoms with Gasteiger partial charge >= 0.3 is 0 Å². The summed E-state index contributed by atoms with van der Waals surface area (Å²) in [5.41, 5.74) is 3.06. The van der Waals surface area contributed by atoms with Crippen LogP contribution in [0.25, 0.3) is 5.65 Å². The summed E-state index contributed by atoms with van der Waals surface area (Å²) in [6, 6.07) is 1.95. The topological polar surface area (TPSA) is 59.7 Å². The van der Waals surface area contributed by atoms with Gasteiger partial charge in [0.15, 0.2) is 5.65 Å². The minimum Gasteiger partial charge on any atom is -0.378 e. The molecule has 1 fully saturated rings. The molecule has 0 unspecified atom stereocenters. The third kappa shape index (κ3) is 2.08. The second-order valence-electron chi connectivity index (χ2n) is 4.74. The molecule has 6 heteroatoms. The van der Waals surface area contributed by atoms with Crippen molar-refractivity contribution in [1.29, 1.82) is 0 Å². The second-order valence-corrected chi connectivity index (χ2v) is 4.74. The molecule has 0 N–H and O–H groups in total. The predicted molar refractivity (Wildman–Crippen MR) is 69.2 cm³/mol. The molecule has 0 atom stereocenters. The summed E-state index contributed by atoms with van der Waals surface area (Å²) in [7, 11) is 0. The van der Waals surface area contributed by atoms with Gasteiger partial charge in [0.2, 0.25) is 0 Å². The highest BCUT2D eigenvalue weighted by molar-refractivity contribution is 5.99. The van der Waals surface area contributed by atoms with Crippen molar-refractivity contribution in [1.82, 2.24) is 19.5 Å². The number of fused-ring (bicyclic) bond motifs is 1. The van der Waals surface area contributed by atoms with Crippen LogP contribution < -0.4 is 0 Å². The van der Waals surface area contributed by atoms with E-state index in [0.717, 1.165) is 11.4 Å². The van der Waals surface area contributed by atoms with Crippen LogP contribution >= 0.6 is 0 Å². The quantitative estimate of drug-likeness (QED) is 0.761. The van der Waals surface area contributed by atoms with E-state index in [4.69, 9.17) is 4.74 Å². The zero-order valence-corrected chi connectivity index (χ0v) is 11.1.